The largest absolute Gasteiger partial charge is 0.289 e. The Kier molecular flexibility index (Phi) is 2.93. The maximum absolute atomic E-state index is 13.2. The highest BCUT2D eigenvalue weighted by Crippen LogP contribution is 2.46. The molecule has 0 spiro atoms. The van der Waals surface area contributed by atoms with E-state index in [9.17, 15) is 4.79 Å². The van der Waals surface area contributed by atoms with Gasteiger partial charge in [-0.1, -0.05) is 62.4 Å². The van der Waals surface area contributed by atoms with Crippen molar-refractivity contribution in [3.63, 3.8) is 0 Å². The highest BCUT2D eigenvalue weighted by molar-refractivity contribution is 5.77. The van der Waals surface area contributed by atoms with Crippen molar-refractivity contribution in [2.24, 2.45) is 0 Å². The van der Waals surface area contributed by atoms with Gasteiger partial charge in [0.2, 0.25) is 0 Å². The topological polar surface area (TPSA) is 37.9 Å². The summed E-state index contributed by atoms with van der Waals surface area (Å²) in [6.07, 6.45) is 4.35. The number of aromatic nitrogens is 2. The molecule has 4 heteroatoms. The van der Waals surface area contributed by atoms with E-state index >= 15 is 0 Å². The maximum atomic E-state index is 13.2. The molecule has 0 radical (unpaired) electrons. The zero-order valence-corrected chi connectivity index (χ0v) is 14.3. The molecule has 1 saturated heterocycles. The molecule has 124 valence electrons. The minimum absolute atomic E-state index is 0.0228. The highest BCUT2D eigenvalue weighted by atomic mass is 16.1. The number of fused-ring (bicyclic) bond motifs is 4. The van der Waals surface area contributed by atoms with Crippen molar-refractivity contribution in [3.05, 3.63) is 81.9 Å². The summed E-state index contributed by atoms with van der Waals surface area (Å²) >= 11 is 0. The van der Waals surface area contributed by atoms with Gasteiger partial charge in [-0.05, 0) is 23.3 Å². The number of hydrogen-bond acceptors (Lipinski definition) is 3. The third kappa shape index (κ3) is 2.00. The van der Waals surface area contributed by atoms with Crippen LogP contribution in [-0.2, 0) is 0 Å². The number of nitrogens with zero attached hydrogens (tertiary/aromatic N) is 3. The van der Waals surface area contributed by atoms with Crippen LogP contribution in [0.2, 0.25) is 0 Å². The van der Waals surface area contributed by atoms with Gasteiger partial charge in [0, 0.05) is 5.92 Å². The molecule has 3 aromatic rings. The molecule has 2 atom stereocenters. The molecule has 0 amide bonds. The monoisotopic (exact) mass is 329 g/mol. The van der Waals surface area contributed by atoms with Gasteiger partial charge in [-0.15, -0.1) is 0 Å². The maximum Gasteiger partial charge on any atom is 0.280 e. The molecule has 0 bridgehead atoms. The van der Waals surface area contributed by atoms with Crippen molar-refractivity contribution in [2.75, 3.05) is 5.01 Å². The van der Waals surface area contributed by atoms with Gasteiger partial charge < -0.3 is 0 Å². The summed E-state index contributed by atoms with van der Waals surface area (Å²) in [5, 5.41) is 2.84. The first-order chi connectivity index (χ1) is 12.2. The summed E-state index contributed by atoms with van der Waals surface area (Å²) in [6.45, 7) is 4.17. The van der Waals surface area contributed by atoms with Gasteiger partial charge >= 0.3 is 0 Å². The van der Waals surface area contributed by atoms with Gasteiger partial charge in [-0.2, -0.15) is 0 Å². The van der Waals surface area contributed by atoms with E-state index in [0.717, 1.165) is 11.3 Å². The van der Waals surface area contributed by atoms with Gasteiger partial charge in [0.15, 0.2) is 0 Å². The molecule has 2 heterocycles. The second-order valence-corrected chi connectivity index (χ2v) is 7.06. The van der Waals surface area contributed by atoms with Crippen molar-refractivity contribution in [1.29, 1.82) is 0 Å². The fourth-order valence-electron chi connectivity index (χ4n) is 3.89. The van der Waals surface area contributed by atoms with Crippen LogP contribution >= 0.6 is 0 Å². The van der Waals surface area contributed by atoms with Gasteiger partial charge in [0.1, 0.15) is 5.82 Å². The van der Waals surface area contributed by atoms with Crippen LogP contribution in [0.15, 0.2) is 59.4 Å². The molecule has 0 N–H and O–H groups in total. The lowest BCUT2D eigenvalue weighted by Gasteiger charge is -2.18. The van der Waals surface area contributed by atoms with E-state index in [1.807, 2.05) is 28.9 Å². The molecule has 1 aliphatic carbocycles. The first-order valence-corrected chi connectivity index (χ1v) is 8.74. The van der Waals surface area contributed by atoms with Crippen LogP contribution < -0.4 is 10.6 Å². The predicted octanol–water partition coefficient (Wildman–Crippen LogP) is 3.61. The van der Waals surface area contributed by atoms with Gasteiger partial charge in [-0.25, -0.2) is 9.66 Å². The summed E-state index contributed by atoms with van der Waals surface area (Å²) in [4.78, 5) is 18.1. The van der Waals surface area contributed by atoms with Crippen LogP contribution in [0, 0.1) is 0 Å². The number of hydrogen-bond donors (Lipinski definition) is 0. The van der Waals surface area contributed by atoms with E-state index in [-0.39, 0.29) is 23.6 Å². The Hall–Kier alpha value is -2.88. The zero-order chi connectivity index (χ0) is 17.1. The molecule has 1 aromatic heterocycles. The summed E-state index contributed by atoms with van der Waals surface area (Å²) in [5.74, 6) is 0.989. The fourth-order valence-corrected chi connectivity index (χ4v) is 3.89. The lowest BCUT2D eigenvalue weighted by Crippen LogP contribution is -2.34. The molecule has 1 fully saturated rings. The van der Waals surface area contributed by atoms with Crippen LogP contribution in [0.4, 0.5) is 0 Å². The van der Waals surface area contributed by atoms with Crippen LogP contribution in [0.25, 0.3) is 17.0 Å². The first kappa shape index (κ1) is 14.5. The van der Waals surface area contributed by atoms with E-state index in [4.69, 9.17) is 4.98 Å². The van der Waals surface area contributed by atoms with Crippen molar-refractivity contribution in [2.45, 2.75) is 31.8 Å². The smallest absolute Gasteiger partial charge is 0.280 e. The Morgan fingerprint density at radius 3 is 2.64 bits per heavy atom. The number of benzene rings is 2. The summed E-state index contributed by atoms with van der Waals surface area (Å²) < 4.78 is 1.81. The molecule has 2 aromatic carbocycles. The third-order valence-electron chi connectivity index (χ3n) is 5.14. The molecule has 25 heavy (non-hydrogen) atoms. The molecular weight excluding hydrogens is 310 g/mol. The molecule has 0 saturated carbocycles. The van der Waals surface area contributed by atoms with E-state index in [0.29, 0.717) is 5.39 Å². The Balaban J connectivity index is 1.73. The predicted molar refractivity (Wildman–Crippen MR) is 100 cm³/mol. The second-order valence-electron chi connectivity index (χ2n) is 7.06. The van der Waals surface area contributed by atoms with Crippen LogP contribution in [0.3, 0.4) is 0 Å². The van der Waals surface area contributed by atoms with Gasteiger partial charge in [0.05, 0.1) is 23.0 Å². The normalized spacial score (nSPS) is 20.7. The molecule has 1 aliphatic heterocycles. The SMILES string of the molecule is CC(C)c1nc2ccccc2c(=O)n1N1[C@@H]2C=Cc3ccccc3[C@@H]21. The minimum Gasteiger partial charge on any atom is -0.289 e. The lowest BCUT2D eigenvalue weighted by atomic mass is 9.98. The molecule has 0 unspecified atom stereocenters. The molecule has 5 rings (SSSR count). The number of rotatable bonds is 2. The molecular formula is C21H19N3O. The molecule has 2 aliphatic rings. The summed E-state index contributed by atoms with van der Waals surface area (Å²) in [6, 6.07) is 16.5. The van der Waals surface area contributed by atoms with Crippen molar-refractivity contribution in [1.82, 2.24) is 9.66 Å². The average molecular weight is 329 g/mol. The van der Waals surface area contributed by atoms with Crippen LogP contribution in [-0.4, -0.2) is 15.7 Å². The quantitative estimate of drug-likeness (QED) is 0.674. The Morgan fingerprint density at radius 2 is 1.80 bits per heavy atom. The first-order valence-electron chi connectivity index (χ1n) is 8.74. The summed E-state index contributed by atoms with van der Waals surface area (Å²) in [5.41, 5.74) is 3.31. The van der Waals surface area contributed by atoms with Crippen molar-refractivity contribution >= 4 is 17.0 Å². The highest BCUT2D eigenvalue weighted by Gasteiger charge is 2.51. The molecule has 4 nitrogen and oxygen atoms in total. The average Bonchev–Trinajstić information content (AvgIpc) is 3.36. The lowest BCUT2D eigenvalue weighted by molar-refractivity contribution is 0.634. The Labute approximate surface area is 146 Å². The standard InChI is InChI=1S/C21H19N3O/c1-13(2)20-22-17-10-6-5-9-16(17)21(25)24(20)23-18-12-11-14-7-3-4-8-15(14)19(18)23/h3-13,18-19H,1-2H3/t18-,19+,23?/m1/s1. The fraction of sp³-hybridized carbons (Fsp3) is 0.238. The Morgan fingerprint density at radius 1 is 1.04 bits per heavy atom. The van der Waals surface area contributed by atoms with Crippen LogP contribution in [0.5, 0.6) is 0 Å². The minimum atomic E-state index is 0.0228. The van der Waals surface area contributed by atoms with E-state index in [1.54, 1.807) is 0 Å². The van der Waals surface area contributed by atoms with Crippen molar-refractivity contribution in [3.8, 4) is 0 Å². The van der Waals surface area contributed by atoms with Gasteiger partial charge in [0.25, 0.3) is 5.56 Å². The van der Waals surface area contributed by atoms with Gasteiger partial charge in [-0.3, -0.25) is 9.80 Å². The van der Waals surface area contributed by atoms with Crippen molar-refractivity contribution < 1.29 is 0 Å². The third-order valence-corrected chi connectivity index (χ3v) is 5.14. The summed E-state index contributed by atoms with van der Waals surface area (Å²) in [7, 11) is 0. The number of para-hydroxylation sites is 1. The van der Waals surface area contributed by atoms with Crippen LogP contribution in [0.1, 0.15) is 42.8 Å². The van der Waals surface area contributed by atoms with E-state index in [1.165, 1.54) is 11.1 Å². The Bertz CT molecular complexity index is 1080. The van der Waals surface area contributed by atoms with E-state index < -0.39 is 0 Å². The zero-order valence-electron chi connectivity index (χ0n) is 14.3. The second kappa shape index (κ2) is 5.06. The van der Waals surface area contributed by atoms with E-state index in [2.05, 4.69) is 55.3 Å².